The van der Waals surface area contributed by atoms with Gasteiger partial charge in [0.15, 0.2) is 5.79 Å². The second-order valence-corrected chi connectivity index (χ2v) is 7.75. The molecule has 2 aliphatic rings. The molecule has 2 aromatic carbocycles. The largest absolute Gasteiger partial charge is 0.497 e. The van der Waals surface area contributed by atoms with Gasteiger partial charge in [-0.15, -0.1) is 0 Å². The van der Waals surface area contributed by atoms with Crippen molar-refractivity contribution in [3.63, 3.8) is 0 Å². The number of ether oxygens (including phenoxy) is 3. The van der Waals surface area contributed by atoms with Gasteiger partial charge in [0.2, 0.25) is 0 Å². The summed E-state index contributed by atoms with van der Waals surface area (Å²) in [7, 11) is 1.70. The van der Waals surface area contributed by atoms with Gasteiger partial charge in [0.25, 0.3) is 0 Å². The van der Waals surface area contributed by atoms with Gasteiger partial charge in [-0.2, -0.15) is 0 Å². The molecule has 0 radical (unpaired) electrons. The Morgan fingerprint density at radius 1 is 0.852 bits per heavy atom. The van der Waals surface area contributed by atoms with E-state index in [-0.39, 0.29) is 11.3 Å². The van der Waals surface area contributed by atoms with Crippen molar-refractivity contribution in [3.8, 4) is 5.75 Å². The third kappa shape index (κ3) is 4.34. The molecule has 27 heavy (non-hydrogen) atoms. The van der Waals surface area contributed by atoms with Crippen molar-refractivity contribution in [2.24, 2.45) is 0 Å². The molecule has 1 saturated carbocycles. The van der Waals surface area contributed by atoms with Crippen LogP contribution in [0, 0.1) is 0 Å². The van der Waals surface area contributed by atoms with Crippen LogP contribution >= 0.6 is 0 Å². The van der Waals surface area contributed by atoms with Crippen LogP contribution in [0.25, 0.3) is 0 Å². The first-order valence-electron chi connectivity index (χ1n) is 9.91. The molecule has 1 heterocycles. The average Bonchev–Trinajstić information content (AvgIpc) is 3.19. The fourth-order valence-electron chi connectivity index (χ4n) is 4.33. The summed E-state index contributed by atoms with van der Waals surface area (Å²) in [5, 5.41) is 3.89. The summed E-state index contributed by atoms with van der Waals surface area (Å²) in [5.74, 6) is 0.565. The molecule has 144 valence electrons. The number of rotatable bonds is 6. The summed E-state index contributed by atoms with van der Waals surface area (Å²) in [6, 6.07) is 19.1. The fraction of sp³-hybridized carbons (Fsp3) is 0.478. The van der Waals surface area contributed by atoms with Gasteiger partial charge in [-0.3, -0.25) is 0 Å². The van der Waals surface area contributed by atoms with Crippen LogP contribution in [-0.4, -0.2) is 31.6 Å². The lowest BCUT2D eigenvalue weighted by Crippen LogP contribution is -2.53. The van der Waals surface area contributed by atoms with E-state index in [0.29, 0.717) is 0 Å². The molecular formula is C23H29NO3. The standard InChI is InChI=1S/C23H29NO3/c1-25-21-9-7-20(8-10-21)18-24-22(17-19-5-3-2-4-6-19)11-13-23(14-12-22)26-15-16-27-23/h2-10,24H,11-18H2,1H3. The zero-order valence-electron chi connectivity index (χ0n) is 16.1. The lowest BCUT2D eigenvalue weighted by Gasteiger charge is -2.44. The molecular weight excluding hydrogens is 338 g/mol. The van der Waals surface area contributed by atoms with Crippen LogP contribution in [0.3, 0.4) is 0 Å². The summed E-state index contributed by atoms with van der Waals surface area (Å²) in [5.41, 5.74) is 2.72. The molecule has 1 aliphatic carbocycles. The van der Waals surface area contributed by atoms with E-state index in [2.05, 4.69) is 47.8 Å². The van der Waals surface area contributed by atoms with Gasteiger partial charge in [-0.05, 0) is 42.5 Å². The van der Waals surface area contributed by atoms with Gasteiger partial charge in [-0.25, -0.2) is 0 Å². The van der Waals surface area contributed by atoms with Crippen molar-refractivity contribution < 1.29 is 14.2 Å². The van der Waals surface area contributed by atoms with Gasteiger partial charge in [0.05, 0.1) is 20.3 Å². The molecule has 4 rings (SSSR count). The Bertz CT molecular complexity index is 713. The minimum absolute atomic E-state index is 0.0713. The van der Waals surface area contributed by atoms with E-state index in [1.807, 2.05) is 12.1 Å². The quantitative estimate of drug-likeness (QED) is 0.835. The highest BCUT2D eigenvalue weighted by Crippen LogP contribution is 2.41. The van der Waals surface area contributed by atoms with Gasteiger partial charge in [0.1, 0.15) is 5.75 Å². The SMILES string of the molecule is COc1ccc(CNC2(Cc3ccccc3)CCC3(CC2)OCCO3)cc1. The van der Waals surface area contributed by atoms with E-state index in [1.54, 1.807) is 7.11 Å². The lowest BCUT2D eigenvalue weighted by atomic mass is 9.75. The summed E-state index contributed by atoms with van der Waals surface area (Å²) in [4.78, 5) is 0. The molecule has 0 aromatic heterocycles. The molecule has 0 atom stereocenters. The predicted molar refractivity (Wildman–Crippen MR) is 106 cm³/mol. The van der Waals surface area contributed by atoms with Crippen molar-refractivity contribution in [3.05, 3.63) is 65.7 Å². The van der Waals surface area contributed by atoms with Crippen molar-refractivity contribution in [2.75, 3.05) is 20.3 Å². The fourth-order valence-corrected chi connectivity index (χ4v) is 4.33. The van der Waals surface area contributed by atoms with Gasteiger partial charge >= 0.3 is 0 Å². The topological polar surface area (TPSA) is 39.7 Å². The van der Waals surface area contributed by atoms with Crippen molar-refractivity contribution in [2.45, 2.75) is 50.0 Å². The molecule has 0 amide bonds. The third-order valence-corrected chi connectivity index (χ3v) is 5.99. The monoisotopic (exact) mass is 367 g/mol. The zero-order chi connectivity index (χ0) is 18.6. The van der Waals surface area contributed by atoms with Crippen LogP contribution in [0.5, 0.6) is 5.75 Å². The highest BCUT2D eigenvalue weighted by Gasteiger charge is 2.46. The minimum atomic E-state index is -0.331. The van der Waals surface area contributed by atoms with E-state index in [0.717, 1.165) is 57.6 Å². The molecule has 4 nitrogen and oxygen atoms in total. The van der Waals surface area contributed by atoms with Crippen molar-refractivity contribution in [1.82, 2.24) is 5.32 Å². The molecule has 4 heteroatoms. The van der Waals surface area contributed by atoms with Crippen LogP contribution in [0.1, 0.15) is 36.8 Å². The molecule has 1 N–H and O–H groups in total. The van der Waals surface area contributed by atoms with Crippen LogP contribution in [-0.2, 0) is 22.4 Å². The number of hydrogen-bond acceptors (Lipinski definition) is 4. The number of nitrogens with one attached hydrogen (secondary N) is 1. The smallest absolute Gasteiger partial charge is 0.168 e. The maximum Gasteiger partial charge on any atom is 0.168 e. The molecule has 2 aromatic rings. The summed E-state index contributed by atoms with van der Waals surface area (Å²) >= 11 is 0. The van der Waals surface area contributed by atoms with Crippen LogP contribution < -0.4 is 10.1 Å². The average molecular weight is 367 g/mol. The molecule has 2 fully saturated rings. The van der Waals surface area contributed by atoms with Crippen LogP contribution in [0.2, 0.25) is 0 Å². The first-order chi connectivity index (χ1) is 13.2. The van der Waals surface area contributed by atoms with Gasteiger partial charge < -0.3 is 19.5 Å². The molecule has 1 spiro atoms. The van der Waals surface area contributed by atoms with Crippen molar-refractivity contribution in [1.29, 1.82) is 0 Å². The zero-order valence-corrected chi connectivity index (χ0v) is 16.1. The van der Waals surface area contributed by atoms with Crippen molar-refractivity contribution >= 4 is 0 Å². The van der Waals surface area contributed by atoms with E-state index < -0.39 is 0 Å². The highest BCUT2D eigenvalue weighted by atomic mass is 16.7. The normalized spacial score (nSPS) is 20.6. The van der Waals surface area contributed by atoms with Crippen LogP contribution in [0.4, 0.5) is 0 Å². The maximum absolute atomic E-state index is 5.95. The highest BCUT2D eigenvalue weighted by molar-refractivity contribution is 5.27. The predicted octanol–water partition coefficient (Wildman–Crippen LogP) is 4.08. The Labute approximate surface area is 161 Å². The molecule has 1 saturated heterocycles. The number of benzene rings is 2. The lowest BCUT2D eigenvalue weighted by molar-refractivity contribution is -0.186. The minimum Gasteiger partial charge on any atom is -0.497 e. The Morgan fingerprint density at radius 3 is 2.15 bits per heavy atom. The number of hydrogen-bond donors (Lipinski definition) is 1. The Hall–Kier alpha value is -1.88. The van der Waals surface area contributed by atoms with E-state index >= 15 is 0 Å². The second kappa shape index (κ2) is 8.01. The van der Waals surface area contributed by atoms with E-state index in [4.69, 9.17) is 14.2 Å². The molecule has 0 unspecified atom stereocenters. The maximum atomic E-state index is 5.95. The first-order valence-corrected chi connectivity index (χ1v) is 9.91. The Kier molecular flexibility index (Phi) is 5.48. The van der Waals surface area contributed by atoms with Gasteiger partial charge in [-0.1, -0.05) is 42.5 Å². The van der Waals surface area contributed by atoms with Crippen LogP contribution in [0.15, 0.2) is 54.6 Å². The molecule has 0 bridgehead atoms. The molecule has 1 aliphatic heterocycles. The van der Waals surface area contributed by atoms with E-state index in [9.17, 15) is 0 Å². The summed E-state index contributed by atoms with van der Waals surface area (Å²) in [6.07, 6.45) is 5.04. The van der Waals surface area contributed by atoms with E-state index in [1.165, 1.54) is 11.1 Å². The summed E-state index contributed by atoms with van der Waals surface area (Å²) < 4.78 is 17.2. The van der Waals surface area contributed by atoms with Gasteiger partial charge in [0, 0.05) is 24.9 Å². The second-order valence-electron chi connectivity index (χ2n) is 7.75. The summed E-state index contributed by atoms with van der Waals surface area (Å²) in [6.45, 7) is 2.31. The third-order valence-electron chi connectivity index (χ3n) is 5.99. The Balaban J connectivity index is 1.47. The number of methoxy groups -OCH3 is 1. The Morgan fingerprint density at radius 2 is 1.52 bits per heavy atom. The first kappa shape index (κ1) is 18.5.